The highest BCUT2D eigenvalue weighted by molar-refractivity contribution is 6.02. The van der Waals surface area contributed by atoms with E-state index in [2.05, 4.69) is 0 Å². The van der Waals surface area contributed by atoms with Crippen LogP contribution in [0.25, 0.3) is 0 Å². The summed E-state index contributed by atoms with van der Waals surface area (Å²) in [6.45, 7) is 5.20. The highest BCUT2D eigenvalue weighted by Crippen LogP contribution is 2.24. The van der Waals surface area contributed by atoms with Crippen LogP contribution in [-0.4, -0.2) is 33.6 Å². The molecule has 1 unspecified atom stereocenters. The topological polar surface area (TPSA) is 66.8 Å². The zero-order valence-electron chi connectivity index (χ0n) is 13.1. The zero-order valence-corrected chi connectivity index (χ0v) is 13.1. The van der Waals surface area contributed by atoms with Crippen molar-refractivity contribution in [3.63, 3.8) is 0 Å². The lowest BCUT2D eigenvalue weighted by Crippen LogP contribution is -2.43. The molecule has 0 fully saturated rings. The van der Waals surface area contributed by atoms with Gasteiger partial charge in [0, 0.05) is 6.08 Å². The van der Waals surface area contributed by atoms with E-state index in [0.29, 0.717) is 12.8 Å². The Balaban J connectivity index is 2.08. The first-order valence-electron chi connectivity index (χ1n) is 7.28. The van der Waals surface area contributed by atoms with E-state index in [-0.39, 0.29) is 5.76 Å². The van der Waals surface area contributed by atoms with Crippen molar-refractivity contribution in [1.29, 1.82) is 0 Å². The molecule has 1 atom stereocenters. The van der Waals surface area contributed by atoms with Crippen LogP contribution >= 0.6 is 0 Å². The average Bonchev–Trinajstić information content (AvgIpc) is 2.70. The number of hydrogen-bond acceptors (Lipinski definition) is 4. The van der Waals surface area contributed by atoms with Crippen LogP contribution in [0.5, 0.6) is 0 Å². The molecule has 1 N–H and O–H groups in total. The second-order valence-corrected chi connectivity index (χ2v) is 6.30. The van der Waals surface area contributed by atoms with E-state index in [9.17, 15) is 14.7 Å². The second kappa shape index (κ2) is 6.22. The molecule has 2 amide bonds. The quantitative estimate of drug-likeness (QED) is 0.931. The maximum atomic E-state index is 12.2. The molecule has 0 aromatic heterocycles. The molecule has 0 saturated heterocycles. The number of ether oxygens (including phenoxy) is 1. The van der Waals surface area contributed by atoms with Gasteiger partial charge in [0.05, 0.1) is 0 Å². The van der Waals surface area contributed by atoms with Gasteiger partial charge in [0.25, 0.3) is 5.91 Å². The van der Waals surface area contributed by atoms with Crippen molar-refractivity contribution in [2.75, 3.05) is 0 Å². The van der Waals surface area contributed by atoms with Crippen LogP contribution in [0.3, 0.4) is 0 Å². The summed E-state index contributed by atoms with van der Waals surface area (Å²) >= 11 is 0. The van der Waals surface area contributed by atoms with E-state index >= 15 is 0 Å². The van der Waals surface area contributed by atoms with Crippen LogP contribution in [0.15, 0.2) is 42.2 Å². The summed E-state index contributed by atoms with van der Waals surface area (Å²) < 4.78 is 5.24. The van der Waals surface area contributed by atoms with Gasteiger partial charge in [0.2, 0.25) is 0 Å². The lowest BCUT2D eigenvalue weighted by Gasteiger charge is -2.27. The normalized spacial score (nSPS) is 18.3. The number of aryl methyl sites for hydroxylation is 1. The summed E-state index contributed by atoms with van der Waals surface area (Å²) in [6, 6.07) is 9.05. The Hall–Kier alpha value is -2.30. The smallest absolute Gasteiger partial charge is 0.418 e. The van der Waals surface area contributed by atoms with Gasteiger partial charge < -0.3 is 9.84 Å². The molecule has 5 nitrogen and oxygen atoms in total. The van der Waals surface area contributed by atoms with Crippen LogP contribution in [-0.2, 0) is 16.0 Å². The van der Waals surface area contributed by atoms with Gasteiger partial charge in [-0.3, -0.25) is 4.79 Å². The molecule has 2 rings (SSSR count). The van der Waals surface area contributed by atoms with Gasteiger partial charge in [0.15, 0.2) is 0 Å². The Morgan fingerprint density at radius 3 is 2.50 bits per heavy atom. The molecular formula is C17H21NO4. The standard InChI is InChI=1S/C17H21NO4/c1-17(2,3)22-16(21)18-13(14(19)11-15(18)20)10-9-12-7-5-4-6-8-12/h4-8,11,13,19H,9-10H2,1-3H3. The average molecular weight is 303 g/mol. The molecule has 0 aliphatic carbocycles. The molecule has 22 heavy (non-hydrogen) atoms. The Labute approximate surface area is 130 Å². The minimum Gasteiger partial charge on any atom is -0.510 e. The highest BCUT2D eigenvalue weighted by atomic mass is 16.6. The van der Waals surface area contributed by atoms with Crippen molar-refractivity contribution in [2.24, 2.45) is 0 Å². The predicted octanol–water partition coefficient (Wildman–Crippen LogP) is 3.21. The van der Waals surface area contributed by atoms with Crippen LogP contribution in [0.1, 0.15) is 32.8 Å². The first kappa shape index (κ1) is 16.1. The number of carbonyl (C=O) groups excluding carboxylic acids is 2. The third kappa shape index (κ3) is 3.87. The Morgan fingerprint density at radius 2 is 1.91 bits per heavy atom. The number of imide groups is 1. The molecule has 1 heterocycles. The summed E-state index contributed by atoms with van der Waals surface area (Å²) in [4.78, 5) is 25.1. The molecule has 1 aromatic rings. The van der Waals surface area contributed by atoms with Crippen molar-refractivity contribution in [1.82, 2.24) is 4.90 Å². The molecule has 0 spiro atoms. The number of benzene rings is 1. The van der Waals surface area contributed by atoms with Gasteiger partial charge in [-0.2, -0.15) is 0 Å². The van der Waals surface area contributed by atoms with Crippen molar-refractivity contribution in [3.8, 4) is 0 Å². The maximum Gasteiger partial charge on any atom is 0.418 e. The highest BCUT2D eigenvalue weighted by Gasteiger charge is 2.39. The number of amides is 2. The van der Waals surface area contributed by atoms with E-state index in [0.717, 1.165) is 16.5 Å². The van der Waals surface area contributed by atoms with Crippen molar-refractivity contribution in [2.45, 2.75) is 45.3 Å². The third-order valence-electron chi connectivity index (χ3n) is 3.30. The zero-order chi connectivity index (χ0) is 16.3. The summed E-state index contributed by atoms with van der Waals surface area (Å²) in [5, 5.41) is 9.95. The van der Waals surface area contributed by atoms with E-state index < -0.39 is 23.6 Å². The Kier molecular flexibility index (Phi) is 4.54. The molecule has 1 aliphatic rings. The molecule has 118 valence electrons. The molecule has 5 heteroatoms. The molecule has 0 saturated carbocycles. The lowest BCUT2D eigenvalue weighted by molar-refractivity contribution is -0.125. The van der Waals surface area contributed by atoms with Crippen molar-refractivity contribution in [3.05, 3.63) is 47.7 Å². The molecule has 0 bridgehead atoms. The van der Waals surface area contributed by atoms with Gasteiger partial charge in [-0.15, -0.1) is 0 Å². The maximum absolute atomic E-state index is 12.2. The fourth-order valence-electron chi connectivity index (χ4n) is 2.33. The number of carbonyl (C=O) groups is 2. The van der Waals surface area contributed by atoms with Crippen LogP contribution in [0.4, 0.5) is 4.79 Å². The molecule has 1 aliphatic heterocycles. The number of hydrogen-bond donors (Lipinski definition) is 1. The lowest BCUT2D eigenvalue weighted by atomic mass is 10.0. The van der Waals surface area contributed by atoms with Gasteiger partial charge >= 0.3 is 6.09 Å². The van der Waals surface area contributed by atoms with E-state index in [1.54, 1.807) is 20.8 Å². The van der Waals surface area contributed by atoms with Crippen molar-refractivity contribution >= 4 is 12.0 Å². The fourth-order valence-corrected chi connectivity index (χ4v) is 2.33. The SMILES string of the molecule is CC(C)(C)OC(=O)N1C(=O)C=C(O)C1CCc1ccccc1. The van der Waals surface area contributed by atoms with E-state index in [1.807, 2.05) is 30.3 Å². The first-order valence-corrected chi connectivity index (χ1v) is 7.28. The molecule has 1 aromatic carbocycles. The van der Waals surface area contributed by atoms with E-state index in [1.165, 1.54) is 0 Å². The Bertz CT molecular complexity index is 586. The largest absolute Gasteiger partial charge is 0.510 e. The fraction of sp³-hybridized carbons (Fsp3) is 0.412. The monoisotopic (exact) mass is 303 g/mol. The summed E-state index contributed by atoms with van der Waals surface area (Å²) in [5.41, 5.74) is 0.387. The first-order chi connectivity index (χ1) is 10.3. The van der Waals surface area contributed by atoms with Gasteiger partial charge in [-0.25, -0.2) is 9.69 Å². The van der Waals surface area contributed by atoms with Crippen LogP contribution in [0.2, 0.25) is 0 Å². The van der Waals surface area contributed by atoms with Gasteiger partial charge in [0.1, 0.15) is 17.4 Å². The van der Waals surface area contributed by atoms with Gasteiger partial charge in [-0.05, 0) is 39.2 Å². The molecular weight excluding hydrogens is 282 g/mol. The Morgan fingerprint density at radius 1 is 1.27 bits per heavy atom. The molecule has 0 radical (unpaired) electrons. The van der Waals surface area contributed by atoms with Crippen LogP contribution < -0.4 is 0 Å². The third-order valence-corrected chi connectivity index (χ3v) is 3.30. The number of nitrogens with zero attached hydrogens (tertiary/aromatic N) is 1. The number of aliphatic hydroxyl groups excluding tert-OH is 1. The minimum absolute atomic E-state index is 0.0909. The minimum atomic E-state index is -0.726. The summed E-state index contributed by atoms with van der Waals surface area (Å²) in [7, 11) is 0. The predicted molar refractivity (Wildman–Crippen MR) is 82.3 cm³/mol. The van der Waals surface area contributed by atoms with E-state index in [4.69, 9.17) is 4.74 Å². The van der Waals surface area contributed by atoms with Gasteiger partial charge in [-0.1, -0.05) is 30.3 Å². The van der Waals surface area contributed by atoms with Crippen LogP contribution in [0, 0.1) is 0 Å². The van der Waals surface area contributed by atoms with Crippen molar-refractivity contribution < 1.29 is 19.4 Å². The number of aliphatic hydroxyl groups is 1. The summed E-state index contributed by atoms with van der Waals surface area (Å²) in [6.07, 6.45) is 1.46. The second-order valence-electron chi connectivity index (χ2n) is 6.30. The summed E-state index contributed by atoms with van der Waals surface area (Å²) in [5.74, 6) is -0.628. The number of rotatable bonds is 3.